The van der Waals surface area contributed by atoms with Crippen molar-refractivity contribution in [3.05, 3.63) is 94.0 Å². The monoisotopic (exact) mass is 569 g/mol. The van der Waals surface area contributed by atoms with Gasteiger partial charge < -0.3 is 10.2 Å². The molecule has 39 heavy (non-hydrogen) atoms. The summed E-state index contributed by atoms with van der Waals surface area (Å²) in [6, 6.07) is 18.0. The molecule has 0 saturated heterocycles. The zero-order valence-electron chi connectivity index (χ0n) is 23.2. The van der Waals surface area contributed by atoms with Crippen molar-refractivity contribution >= 4 is 39.1 Å². The first kappa shape index (κ1) is 30.2. The van der Waals surface area contributed by atoms with Gasteiger partial charge in [0.15, 0.2) is 0 Å². The van der Waals surface area contributed by atoms with Crippen LogP contribution in [0.15, 0.2) is 71.6 Å². The number of amides is 2. The van der Waals surface area contributed by atoms with Crippen LogP contribution in [0.25, 0.3) is 0 Å². The number of nitrogens with zero attached hydrogens (tertiary/aromatic N) is 2. The highest BCUT2D eigenvalue weighted by atomic mass is 35.5. The molecule has 3 rings (SSSR count). The Morgan fingerprint density at radius 3 is 2.05 bits per heavy atom. The van der Waals surface area contributed by atoms with Crippen molar-refractivity contribution in [3.8, 4) is 0 Å². The molecule has 0 aromatic heterocycles. The maximum Gasteiger partial charge on any atom is 0.264 e. The second-order valence-electron chi connectivity index (χ2n) is 10.2. The molecule has 3 aromatic rings. The first-order valence-electron chi connectivity index (χ1n) is 12.8. The molecule has 0 heterocycles. The Morgan fingerprint density at radius 2 is 1.49 bits per heavy atom. The molecule has 3 aromatic carbocycles. The molecular weight excluding hydrogens is 534 g/mol. The van der Waals surface area contributed by atoms with Gasteiger partial charge in [0, 0.05) is 17.6 Å². The molecule has 0 radical (unpaired) electrons. The number of carbonyl (C=O) groups excluding carboxylic acids is 2. The van der Waals surface area contributed by atoms with Gasteiger partial charge in [0.2, 0.25) is 11.8 Å². The van der Waals surface area contributed by atoms with E-state index in [1.165, 1.54) is 17.0 Å². The minimum Gasteiger partial charge on any atom is -0.352 e. The lowest BCUT2D eigenvalue weighted by molar-refractivity contribution is -0.139. The van der Waals surface area contributed by atoms with Gasteiger partial charge in [-0.25, -0.2) is 8.42 Å². The van der Waals surface area contributed by atoms with Gasteiger partial charge in [-0.3, -0.25) is 13.9 Å². The SMILES string of the molecule is Cc1ccc(S(=O)(=O)N(CC(=O)N(Cc2cccc(Cl)c2)[C@@H](C)C(=O)NC(C)C)c2cc(C)cc(C)c2)cc1. The lowest BCUT2D eigenvalue weighted by atomic mass is 10.1. The van der Waals surface area contributed by atoms with Crippen molar-refractivity contribution in [1.29, 1.82) is 0 Å². The van der Waals surface area contributed by atoms with E-state index in [1.807, 2.05) is 46.8 Å². The largest absolute Gasteiger partial charge is 0.352 e. The smallest absolute Gasteiger partial charge is 0.264 e. The van der Waals surface area contributed by atoms with Gasteiger partial charge in [-0.15, -0.1) is 0 Å². The van der Waals surface area contributed by atoms with E-state index in [0.29, 0.717) is 10.7 Å². The minimum atomic E-state index is -4.11. The summed E-state index contributed by atoms with van der Waals surface area (Å²) in [5, 5.41) is 3.34. The number of aryl methyl sites for hydroxylation is 3. The van der Waals surface area contributed by atoms with E-state index in [1.54, 1.807) is 49.4 Å². The Labute approximate surface area is 236 Å². The molecule has 0 aliphatic heterocycles. The first-order chi connectivity index (χ1) is 18.3. The maximum atomic E-state index is 14.0. The Morgan fingerprint density at radius 1 is 0.872 bits per heavy atom. The zero-order chi connectivity index (χ0) is 28.9. The fraction of sp³-hybridized carbons (Fsp3) is 0.333. The molecule has 0 saturated carbocycles. The molecule has 0 unspecified atom stereocenters. The molecule has 0 fully saturated rings. The van der Waals surface area contributed by atoms with Gasteiger partial charge in [-0.1, -0.05) is 47.5 Å². The van der Waals surface area contributed by atoms with Crippen molar-refractivity contribution < 1.29 is 18.0 Å². The van der Waals surface area contributed by atoms with Crippen LogP contribution >= 0.6 is 11.6 Å². The summed E-state index contributed by atoms with van der Waals surface area (Å²) < 4.78 is 29.0. The summed E-state index contributed by atoms with van der Waals surface area (Å²) in [4.78, 5) is 28.4. The van der Waals surface area contributed by atoms with Gasteiger partial charge >= 0.3 is 0 Å². The maximum absolute atomic E-state index is 14.0. The van der Waals surface area contributed by atoms with Crippen molar-refractivity contribution in [2.75, 3.05) is 10.8 Å². The van der Waals surface area contributed by atoms with Crippen molar-refractivity contribution in [2.45, 2.75) is 65.1 Å². The third-order valence-electron chi connectivity index (χ3n) is 6.22. The van der Waals surface area contributed by atoms with Crippen LogP contribution in [0.1, 0.15) is 43.0 Å². The fourth-order valence-corrected chi connectivity index (χ4v) is 5.89. The number of benzene rings is 3. The lowest BCUT2D eigenvalue weighted by Crippen LogP contribution is -2.52. The number of nitrogens with one attached hydrogen (secondary N) is 1. The topological polar surface area (TPSA) is 86.8 Å². The van der Waals surface area contributed by atoms with Crippen LogP contribution in [0.5, 0.6) is 0 Å². The highest BCUT2D eigenvalue weighted by Gasteiger charge is 2.32. The highest BCUT2D eigenvalue weighted by Crippen LogP contribution is 2.27. The molecule has 0 aliphatic rings. The summed E-state index contributed by atoms with van der Waals surface area (Å²) in [5.74, 6) is -0.851. The van der Waals surface area contributed by atoms with Crippen LogP contribution in [-0.4, -0.2) is 43.8 Å². The summed E-state index contributed by atoms with van der Waals surface area (Å²) in [6.07, 6.45) is 0. The number of carbonyl (C=O) groups is 2. The second kappa shape index (κ2) is 12.7. The van der Waals surface area contributed by atoms with E-state index < -0.39 is 28.5 Å². The third kappa shape index (κ3) is 7.83. The van der Waals surface area contributed by atoms with E-state index in [0.717, 1.165) is 26.6 Å². The molecule has 1 atom stereocenters. The lowest BCUT2D eigenvalue weighted by Gasteiger charge is -2.32. The molecule has 9 heteroatoms. The molecule has 7 nitrogen and oxygen atoms in total. The van der Waals surface area contributed by atoms with Crippen LogP contribution in [0, 0.1) is 20.8 Å². The molecular formula is C30H36ClN3O4S. The van der Waals surface area contributed by atoms with E-state index in [2.05, 4.69) is 5.32 Å². The number of halogens is 1. The standard InChI is InChI=1S/C30H36ClN3O4S/c1-20(2)32-30(36)24(6)33(18-25-8-7-9-26(31)17-25)29(35)19-34(27-15-22(4)14-23(5)16-27)39(37,38)28-12-10-21(3)11-13-28/h7-17,20,24H,18-19H2,1-6H3,(H,32,36)/t24-/m0/s1. The van der Waals surface area contributed by atoms with Gasteiger partial charge in [0.25, 0.3) is 10.0 Å². The van der Waals surface area contributed by atoms with Crippen LogP contribution in [0.4, 0.5) is 5.69 Å². The number of sulfonamides is 1. The van der Waals surface area contributed by atoms with E-state index in [-0.39, 0.29) is 23.4 Å². The normalized spacial score (nSPS) is 12.2. The second-order valence-corrected chi connectivity index (χ2v) is 12.5. The summed E-state index contributed by atoms with van der Waals surface area (Å²) >= 11 is 6.18. The van der Waals surface area contributed by atoms with Gasteiger partial charge in [0.05, 0.1) is 10.6 Å². The average Bonchev–Trinajstić information content (AvgIpc) is 2.84. The van der Waals surface area contributed by atoms with Gasteiger partial charge in [0.1, 0.15) is 12.6 Å². The van der Waals surface area contributed by atoms with Gasteiger partial charge in [-0.2, -0.15) is 0 Å². The Bertz CT molecular complexity index is 1420. The number of hydrogen-bond donors (Lipinski definition) is 1. The highest BCUT2D eigenvalue weighted by molar-refractivity contribution is 7.92. The molecule has 0 bridgehead atoms. The van der Waals surface area contributed by atoms with Gasteiger partial charge in [-0.05, 0) is 94.6 Å². The van der Waals surface area contributed by atoms with E-state index in [4.69, 9.17) is 11.6 Å². The molecule has 0 spiro atoms. The predicted molar refractivity (Wildman–Crippen MR) is 156 cm³/mol. The Kier molecular flexibility index (Phi) is 9.80. The number of rotatable bonds is 10. The van der Waals surface area contributed by atoms with Crippen molar-refractivity contribution in [1.82, 2.24) is 10.2 Å². The fourth-order valence-electron chi connectivity index (χ4n) is 4.28. The van der Waals surface area contributed by atoms with E-state index >= 15 is 0 Å². The van der Waals surface area contributed by atoms with Crippen LogP contribution < -0.4 is 9.62 Å². The minimum absolute atomic E-state index is 0.0760. The van der Waals surface area contributed by atoms with E-state index in [9.17, 15) is 18.0 Å². The average molecular weight is 570 g/mol. The first-order valence-corrected chi connectivity index (χ1v) is 14.6. The zero-order valence-corrected chi connectivity index (χ0v) is 24.8. The number of hydrogen-bond acceptors (Lipinski definition) is 4. The van der Waals surface area contributed by atoms with Crippen molar-refractivity contribution in [3.63, 3.8) is 0 Å². The van der Waals surface area contributed by atoms with Crippen molar-refractivity contribution in [2.24, 2.45) is 0 Å². The summed E-state index contributed by atoms with van der Waals surface area (Å²) in [5.41, 5.74) is 3.74. The molecule has 0 aliphatic carbocycles. The molecule has 1 N–H and O–H groups in total. The number of anilines is 1. The molecule has 208 valence electrons. The third-order valence-corrected chi connectivity index (χ3v) is 8.25. The predicted octanol–water partition coefficient (Wildman–Crippen LogP) is 5.40. The van der Waals surface area contributed by atoms with Crippen LogP contribution in [-0.2, 0) is 26.2 Å². The van der Waals surface area contributed by atoms with Crippen LogP contribution in [0.2, 0.25) is 5.02 Å². The molecule has 2 amide bonds. The quantitative estimate of drug-likeness (QED) is 0.354. The van der Waals surface area contributed by atoms with Crippen LogP contribution in [0.3, 0.4) is 0 Å². The summed E-state index contributed by atoms with van der Waals surface area (Å²) in [6.45, 7) is 10.5. The Hall–Kier alpha value is -3.36. The summed E-state index contributed by atoms with van der Waals surface area (Å²) in [7, 11) is -4.11. The Balaban J connectivity index is 2.07.